The zero-order valence-corrected chi connectivity index (χ0v) is 12.0. The quantitative estimate of drug-likeness (QED) is 0.943. The summed E-state index contributed by atoms with van der Waals surface area (Å²) in [6.07, 6.45) is 2.27. The number of likely N-dealkylation sites (tertiary alicyclic amines) is 1. The van der Waals surface area contributed by atoms with Crippen LogP contribution in [0.5, 0.6) is 0 Å². The van der Waals surface area contributed by atoms with Crippen molar-refractivity contribution in [1.29, 1.82) is 0 Å². The van der Waals surface area contributed by atoms with Gasteiger partial charge in [0.2, 0.25) is 0 Å². The van der Waals surface area contributed by atoms with E-state index in [2.05, 4.69) is 4.98 Å². The van der Waals surface area contributed by atoms with Gasteiger partial charge in [0.1, 0.15) is 11.9 Å². The first-order valence-corrected chi connectivity index (χ1v) is 7.29. The Balaban J connectivity index is 1.95. The summed E-state index contributed by atoms with van der Waals surface area (Å²) in [5.74, 6) is -0.691. The van der Waals surface area contributed by atoms with Gasteiger partial charge in [-0.25, -0.2) is 4.98 Å². The normalized spacial score (nSPS) is 19.9. The van der Waals surface area contributed by atoms with Crippen LogP contribution in [0.3, 0.4) is 0 Å². The maximum Gasteiger partial charge on any atom is 0.320 e. The minimum Gasteiger partial charge on any atom is -0.480 e. The summed E-state index contributed by atoms with van der Waals surface area (Å²) in [4.78, 5) is 17.3. The molecule has 0 amide bonds. The van der Waals surface area contributed by atoms with Crippen LogP contribution in [0.1, 0.15) is 31.6 Å². The highest BCUT2D eigenvalue weighted by Gasteiger charge is 2.30. The molecule has 0 saturated carbocycles. The largest absolute Gasteiger partial charge is 0.480 e. The third-order valence-electron chi connectivity index (χ3n) is 4.11. The molecular weight excluding hydrogens is 292 g/mol. The van der Waals surface area contributed by atoms with Gasteiger partial charge in [-0.2, -0.15) is 8.78 Å². The topological polar surface area (TPSA) is 58.4 Å². The fourth-order valence-corrected chi connectivity index (χ4v) is 3.07. The number of benzene rings is 1. The Hall–Kier alpha value is -2.02. The van der Waals surface area contributed by atoms with Crippen molar-refractivity contribution in [1.82, 2.24) is 14.5 Å². The number of piperidine rings is 1. The highest BCUT2D eigenvalue weighted by molar-refractivity contribution is 5.76. The van der Waals surface area contributed by atoms with E-state index in [-0.39, 0.29) is 12.4 Å². The van der Waals surface area contributed by atoms with Crippen LogP contribution in [0.2, 0.25) is 0 Å². The van der Waals surface area contributed by atoms with Gasteiger partial charge in [-0.15, -0.1) is 0 Å². The van der Waals surface area contributed by atoms with Crippen molar-refractivity contribution < 1.29 is 18.7 Å². The predicted molar refractivity (Wildman–Crippen MR) is 76.7 cm³/mol. The second-order valence-electron chi connectivity index (χ2n) is 5.48. The Labute approximate surface area is 126 Å². The molecule has 22 heavy (non-hydrogen) atoms. The van der Waals surface area contributed by atoms with Crippen LogP contribution in [0.15, 0.2) is 24.3 Å². The van der Waals surface area contributed by atoms with E-state index in [0.29, 0.717) is 24.0 Å². The Morgan fingerprint density at radius 2 is 2.14 bits per heavy atom. The second kappa shape index (κ2) is 6.00. The van der Waals surface area contributed by atoms with Gasteiger partial charge >= 0.3 is 12.5 Å². The lowest BCUT2D eigenvalue weighted by molar-refractivity contribution is -0.144. The first kappa shape index (κ1) is 14.9. The van der Waals surface area contributed by atoms with E-state index < -0.39 is 18.6 Å². The molecule has 0 radical (unpaired) electrons. The highest BCUT2D eigenvalue weighted by atomic mass is 19.3. The minimum absolute atomic E-state index is 0.121. The number of rotatable bonds is 4. The number of halogens is 2. The molecule has 1 fully saturated rings. The van der Waals surface area contributed by atoms with E-state index in [1.807, 2.05) is 0 Å². The van der Waals surface area contributed by atoms with E-state index in [0.717, 1.165) is 17.4 Å². The third kappa shape index (κ3) is 2.68. The van der Waals surface area contributed by atoms with Crippen molar-refractivity contribution in [2.45, 2.75) is 38.4 Å². The van der Waals surface area contributed by atoms with Gasteiger partial charge in [0.15, 0.2) is 0 Å². The van der Waals surface area contributed by atoms with E-state index in [1.165, 1.54) is 0 Å². The molecule has 1 saturated heterocycles. The summed E-state index contributed by atoms with van der Waals surface area (Å²) < 4.78 is 27.7. The average Bonchev–Trinajstić information content (AvgIpc) is 2.85. The van der Waals surface area contributed by atoms with Crippen LogP contribution >= 0.6 is 0 Å². The van der Waals surface area contributed by atoms with Crippen molar-refractivity contribution in [3.63, 3.8) is 0 Å². The molecule has 2 aromatic rings. The van der Waals surface area contributed by atoms with Crippen LogP contribution in [-0.4, -0.2) is 38.1 Å². The average molecular weight is 309 g/mol. The molecule has 118 valence electrons. The van der Waals surface area contributed by atoms with Crippen LogP contribution in [0.25, 0.3) is 11.0 Å². The number of fused-ring (bicyclic) bond motifs is 1. The molecule has 1 unspecified atom stereocenters. The summed E-state index contributed by atoms with van der Waals surface area (Å²) in [6.45, 7) is -1.99. The molecular formula is C15H17F2N3O2. The van der Waals surface area contributed by atoms with Crippen molar-refractivity contribution in [3.8, 4) is 0 Å². The molecule has 1 aromatic carbocycles. The molecule has 7 heteroatoms. The van der Waals surface area contributed by atoms with Crippen LogP contribution in [0, 0.1) is 0 Å². The monoisotopic (exact) mass is 309 g/mol. The molecule has 1 aromatic heterocycles. The highest BCUT2D eigenvalue weighted by Crippen LogP contribution is 2.26. The lowest BCUT2D eigenvalue weighted by Gasteiger charge is -2.32. The summed E-state index contributed by atoms with van der Waals surface area (Å²) in [7, 11) is 0. The van der Waals surface area contributed by atoms with E-state index in [9.17, 15) is 18.7 Å². The molecule has 1 aliphatic heterocycles. The summed E-state index contributed by atoms with van der Waals surface area (Å²) in [6, 6.07) is 6.09. The van der Waals surface area contributed by atoms with Gasteiger partial charge in [-0.3, -0.25) is 14.3 Å². The van der Waals surface area contributed by atoms with Gasteiger partial charge in [-0.05, 0) is 31.5 Å². The fourth-order valence-electron chi connectivity index (χ4n) is 3.07. The molecule has 1 N–H and O–H groups in total. The molecule has 1 atom stereocenters. The van der Waals surface area contributed by atoms with E-state index >= 15 is 0 Å². The molecule has 1 aliphatic rings. The molecule has 5 nitrogen and oxygen atoms in total. The third-order valence-corrected chi connectivity index (χ3v) is 4.11. The van der Waals surface area contributed by atoms with Crippen molar-refractivity contribution >= 4 is 17.0 Å². The number of imidazole rings is 1. The number of carbonyl (C=O) groups is 1. The summed E-state index contributed by atoms with van der Waals surface area (Å²) in [5.41, 5.74) is 0.873. The van der Waals surface area contributed by atoms with Crippen LogP contribution < -0.4 is 0 Å². The fraction of sp³-hybridized carbons (Fsp3) is 0.467. The smallest absolute Gasteiger partial charge is 0.320 e. The molecule has 0 bridgehead atoms. The van der Waals surface area contributed by atoms with Crippen LogP contribution in [0.4, 0.5) is 8.78 Å². The van der Waals surface area contributed by atoms with E-state index in [1.54, 1.807) is 29.2 Å². The number of hydrogen-bond donors (Lipinski definition) is 1. The Morgan fingerprint density at radius 1 is 1.36 bits per heavy atom. The number of hydrogen-bond acceptors (Lipinski definition) is 3. The SMILES string of the molecule is O=C(O)C1CCCCN1Cc1nc2ccccc2n1C(F)F. The van der Waals surface area contributed by atoms with Crippen molar-refractivity contribution in [2.75, 3.05) is 6.54 Å². The predicted octanol–water partition coefficient (Wildman–Crippen LogP) is 2.87. The lowest BCUT2D eigenvalue weighted by Crippen LogP contribution is -2.44. The Morgan fingerprint density at radius 3 is 2.86 bits per heavy atom. The number of alkyl halides is 2. The standard InChI is InChI=1S/C15H17F2N3O2/c16-15(17)20-11-6-2-1-5-10(11)18-13(20)9-19-8-4-3-7-12(19)14(21)22/h1-2,5-6,12,15H,3-4,7-9H2,(H,21,22). The number of nitrogens with zero attached hydrogens (tertiary/aromatic N) is 3. The Bertz CT molecular complexity index is 686. The van der Waals surface area contributed by atoms with Crippen molar-refractivity contribution in [3.05, 3.63) is 30.1 Å². The molecule has 3 rings (SSSR count). The number of carboxylic acids is 1. The minimum atomic E-state index is -2.70. The zero-order valence-electron chi connectivity index (χ0n) is 12.0. The molecule has 0 aliphatic carbocycles. The van der Waals surface area contributed by atoms with Gasteiger partial charge in [-0.1, -0.05) is 18.6 Å². The number of aliphatic carboxylic acids is 1. The van der Waals surface area contributed by atoms with Crippen LogP contribution in [-0.2, 0) is 11.3 Å². The van der Waals surface area contributed by atoms with Gasteiger partial charge in [0, 0.05) is 0 Å². The first-order chi connectivity index (χ1) is 10.6. The number of aromatic nitrogens is 2. The van der Waals surface area contributed by atoms with Gasteiger partial charge in [0.05, 0.1) is 17.6 Å². The molecule has 0 spiro atoms. The summed E-state index contributed by atoms with van der Waals surface area (Å²) >= 11 is 0. The second-order valence-corrected chi connectivity index (χ2v) is 5.48. The van der Waals surface area contributed by atoms with Gasteiger partial charge < -0.3 is 5.11 Å². The lowest BCUT2D eigenvalue weighted by atomic mass is 10.0. The zero-order chi connectivity index (χ0) is 15.7. The first-order valence-electron chi connectivity index (χ1n) is 7.29. The maximum absolute atomic E-state index is 13.4. The van der Waals surface area contributed by atoms with Crippen molar-refractivity contribution in [2.24, 2.45) is 0 Å². The Kier molecular flexibility index (Phi) is 4.06. The number of para-hydroxylation sites is 2. The van der Waals surface area contributed by atoms with Gasteiger partial charge in [0.25, 0.3) is 0 Å². The molecule has 2 heterocycles. The van der Waals surface area contributed by atoms with E-state index in [4.69, 9.17) is 0 Å². The summed E-state index contributed by atoms with van der Waals surface area (Å²) in [5, 5.41) is 9.29. The number of carboxylic acid groups (broad SMARTS) is 1. The maximum atomic E-state index is 13.4.